The molecule has 2 aliphatic rings. The Morgan fingerprint density at radius 3 is 2.29 bits per heavy atom. The van der Waals surface area contributed by atoms with Gasteiger partial charge in [-0.1, -0.05) is 72.8 Å². The van der Waals surface area contributed by atoms with Crippen molar-refractivity contribution in [2.75, 3.05) is 26.8 Å². The molecule has 0 saturated carbocycles. The molecule has 0 aromatic heterocycles. The molecule has 180 valence electrons. The van der Waals surface area contributed by atoms with E-state index in [-0.39, 0.29) is 18.4 Å². The van der Waals surface area contributed by atoms with Crippen LogP contribution in [0.2, 0.25) is 0 Å². The van der Waals surface area contributed by atoms with Crippen molar-refractivity contribution >= 4 is 12.0 Å². The zero-order chi connectivity index (χ0) is 24.4. The Kier molecular flexibility index (Phi) is 6.31. The summed E-state index contributed by atoms with van der Waals surface area (Å²) in [5, 5.41) is 0. The minimum atomic E-state index is -0.806. The summed E-state index contributed by atoms with van der Waals surface area (Å²) in [6.45, 7) is 4.16. The molecule has 0 bridgehead atoms. The number of cyclic esters (lactones) is 1. The summed E-state index contributed by atoms with van der Waals surface area (Å²) in [7, 11) is 1.64. The number of ether oxygens (including phenoxy) is 2. The Morgan fingerprint density at radius 2 is 1.63 bits per heavy atom. The Labute approximate surface area is 206 Å². The fourth-order valence-electron chi connectivity index (χ4n) is 5.43. The van der Waals surface area contributed by atoms with Gasteiger partial charge in [0, 0.05) is 25.6 Å². The van der Waals surface area contributed by atoms with Crippen LogP contribution in [0, 0.1) is 5.41 Å². The Hall–Kier alpha value is -3.64. The number of likely N-dealkylation sites (tertiary alicyclic amines) is 1. The van der Waals surface area contributed by atoms with Crippen molar-refractivity contribution in [1.29, 1.82) is 0 Å². The van der Waals surface area contributed by atoms with Crippen LogP contribution in [-0.4, -0.2) is 48.6 Å². The molecule has 3 aromatic rings. The van der Waals surface area contributed by atoms with Crippen LogP contribution in [0.3, 0.4) is 0 Å². The third kappa shape index (κ3) is 4.42. The fraction of sp³-hybridized carbons (Fsp3) is 0.310. The lowest BCUT2D eigenvalue weighted by atomic mass is 9.74. The van der Waals surface area contributed by atoms with E-state index in [1.54, 1.807) is 7.11 Å². The average molecular weight is 471 g/mol. The number of carbonyl (C=O) groups excluding carboxylic acids is 2. The minimum Gasteiger partial charge on any atom is -0.497 e. The first-order valence-electron chi connectivity index (χ1n) is 11.9. The van der Waals surface area contributed by atoms with E-state index in [1.807, 2.05) is 79.7 Å². The number of hydrogen-bond acceptors (Lipinski definition) is 5. The van der Waals surface area contributed by atoms with E-state index in [9.17, 15) is 9.59 Å². The zero-order valence-corrected chi connectivity index (χ0v) is 20.1. The molecular weight excluding hydrogens is 440 g/mol. The molecule has 2 aliphatic heterocycles. The summed E-state index contributed by atoms with van der Waals surface area (Å²) in [4.78, 5) is 30.7. The van der Waals surface area contributed by atoms with Gasteiger partial charge in [-0.3, -0.25) is 9.69 Å². The number of carbonyl (C=O) groups is 2. The van der Waals surface area contributed by atoms with Crippen LogP contribution >= 0.6 is 0 Å². The van der Waals surface area contributed by atoms with Crippen LogP contribution in [-0.2, 0) is 16.1 Å². The Morgan fingerprint density at radius 1 is 0.971 bits per heavy atom. The maximum atomic E-state index is 14.2. The van der Waals surface area contributed by atoms with E-state index in [0.717, 1.165) is 23.4 Å². The van der Waals surface area contributed by atoms with E-state index in [2.05, 4.69) is 17.0 Å². The summed E-state index contributed by atoms with van der Waals surface area (Å²) in [6.07, 6.45) is -0.569. The largest absolute Gasteiger partial charge is 0.497 e. The van der Waals surface area contributed by atoms with Gasteiger partial charge in [-0.2, -0.15) is 0 Å². The number of amides is 2. The fourth-order valence-corrected chi connectivity index (χ4v) is 5.43. The predicted octanol–water partition coefficient (Wildman–Crippen LogP) is 5.02. The first kappa shape index (κ1) is 23.1. The molecule has 0 spiro atoms. The van der Waals surface area contributed by atoms with Crippen molar-refractivity contribution < 1.29 is 19.1 Å². The van der Waals surface area contributed by atoms with Crippen molar-refractivity contribution in [3.8, 4) is 5.75 Å². The highest BCUT2D eigenvalue weighted by atomic mass is 16.6. The van der Waals surface area contributed by atoms with Gasteiger partial charge in [-0.15, -0.1) is 0 Å². The lowest BCUT2D eigenvalue weighted by Crippen LogP contribution is -2.47. The molecule has 3 aromatic carbocycles. The molecular formula is C29H30N2O4. The summed E-state index contributed by atoms with van der Waals surface area (Å²) < 4.78 is 10.7. The van der Waals surface area contributed by atoms with Gasteiger partial charge in [0.15, 0.2) is 0 Å². The molecule has 2 amide bonds. The van der Waals surface area contributed by atoms with Crippen molar-refractivity contribution in [1.82, 2.24) is 9.80 Å². The standard InChI is InChI=1S/C29H30N2O4/c1-29(27(32)31-26(19-35-28(31)33)23-11-7-4-8-12-23)20-30(17-21-9-5-3-6-10-21)18-25(29)22-13-15-24(34-2)16-14-22/h3-16,25-26H,17-20H2,1-2H3/t25-,26-,29+/m0/s1. The van der Waals surface area contributed by atoms with E-state index in [0.29, 0.717) is 13.1 Å². The number of methoxy groups -OCH3 is 1. The first-order valence-corrected chi connectivity index (χ1v) is 11.9. The van der Waals surface area contributed by atoms with Crippen LogP contribution in [0.25, 0.3) is 0 Å². The second kappa shape index (κ2) is 9.55. The van der Waals surface area contributed by atoms with E-state index in [4.69, 9.17) is 9.47 Å². The highest BCUT2D eigenvalue weighted by molar-refractivity contribution is 5.97. The molecule has 2 saturated heterocycles. The molecule has 0 aliphatic carbocycles. The monoisotopic (exact) mass is 470 g/mol. The lowest BCUT2D eigenvalue weighted by molar-refractivity contribution is -0.139. The van der Waals surface area contributed by atoms with Crippen LogP contribution in [0.5, 0.6) is 5.75 Å². The minimum absolute atomic E-state index is 0.0885. The van der Waals surface area contributed by atoms with Gasteiger partial charge in [0.25, 0.3) is 0 Å². The summed E-state index contributed by atoms with van der Waals surface area (Å²) in [5.41, 5.74) is 2.34. The van der Waals surface area contributed by atoms with Crippen LogP contribution in [0.4, 0.5) is 4.79 Å². The average Bonchev–Trinajstić information content (AvgIpc) is 3.45. The molecule has 3 atom stereocenters. The molecule has 35 heavy (non-hydrogen) atoms. The van der Waals surface area contributed by atoms with Crippen molar-refractivity contribution in [3.63, 3.8) is 0 Å². The van der Waals surface area contributed by atoms with Crippen LogP contribution in [0.1, 0.15) is 35.6 Å². The van der Waals surface area contributed by atoms with Gasteiger partial charge in [0.1, 0.15) is 18.4 Å². The molecule has 0 unspecified atom stereocenters. The van der Waals surface area contributed by atoms with Gasteiger partial charge in [-0.05, 0) is 35.7 Å². The second-order valence-corrected chi connectivity index (χ2v) is 9.58. The summed E-state index contributed by atoms with van der Waals surface area (Å²) >= 11 is 0. The molecule has 2 fully saturated rings. The third-order valence-corrected chi connectivity index (χ3v) is 7.29. The summed E-state index contributed by atoms with van der Waals surface area (Å²) in [6, 6.07) is 27.4. The van der Waals surface area contributed by atoms with E-state index in [1.165, 1.54) is 10.5 Å². The maximum absolute atomic E-state index is 14.2. The molecule has 0 N–H and O–H groups in total. The van der Waals surface area contributed by atoms with Gasteiger partial charge in [-0.25, -0.2) is 9.69 Å². The SMILES string of the molecule is COc1ccc([C@@H]2CN(Cc3ccccc3)C[C@@]2(C)C(=O)N2C(=O)OC[C@H]2c2ccccc2)cc1. The number of hydrogen-bond donors (Lipinski definition) is 0. The van der Waals surface area contributed by atoms with Crippen LogP contribution in [0.15, 0.2) is 84.9 Å². The Balaban J connectivity index is 1.49. The number of imide groups is 1. The number of rotatable bonds is 6. The quantitative estimate of drug-likeness (QED) is 0.506. The highest BCUT2D eigenvalue weighted by Gasteiger charge is 2.54. The molecule has 5 rings (SSSR count). The van der Waals surface area contributed by atoms with E-state index >= 15 is 0 Å². The van der Waals surface area contributed by atoms with Crippen molar-refractivity contribution in [2.45, 2.75) is 25.4 Å². The molecule has 2 heterocycles. The zero-order valence-electron chi connectivity index (χ0n) is 20.1. The van der Waals surface area contributed by atoms with Crippen molar-refractivity contribution in [3.05, 3.63) is 102 Å². The lowest BCUT2D eigenvalue weighted by Gasteiger charge is -2.34. The van der Waals surface area contributed by atoms with Gasteiger partial charge < -0.3 is 9.47 Å². The van der Waals surface area contributed by atoms with Gasteiger partial charge >= 0.3 is 6.09 Å². The topological polar surface area (TPSA) is 59.1 Å². The second-order valence-electron chi connectivity index (χ2n) is 9.58. The van der Waals surface area contributed by atoms with Crippen molar-refractivity contribution in [2.24, 2.45) is 5.41 Å². The number of nitrogens with zero attached hydrogens (tertiary/aromatic N) is 2. The third-order valence-electron chi connectivity index (χ3n) is 7.29. The maximum Gasteiger partial charge on any atom is 0.417 e. The summed E-state index contributed by atoms with van der Waals surface area (Å²) in [5.74, 6) is 0.493. The van der Waals surface area contributed by atoms with Gasteiger partial charge in [0.2, 0.25) is 5.91 Å². The smallest absolute Gasteiger partial charge is 0.417 e. The molecule has 0 radical (unpaired) electrons. The van der Waals surface area contributed by atoms with Gasteiger partial charge in [0.05, 0.1) is 12.5 Å². The van der Waals surface area contributed by atoms with E-state index < -0.39 is 17.6 Å². The molecule has 6 heteroatoms. The molecule has 6 nitrogen and oxygen atoms in total. The van der Waals surface area contributed by atoms with Crippen LogP contribution < -0.4 is 4.74 Å². The predicted molar refractivity (Wildman–Crippen MR) is 133 cm³/mol. The highest BCUT2D eigenvalue weighted by Crippen LogP contribution is 2.46. The first-order chi connectivity index (χ1) is 17.0. The number of benzene rings is 3. The Bertz CT molecular complexity index is 1180. The normalized spacial score (nSPS) is 24.4.